The fourth-order valence-electron chi connectivity index (χ4n) is 1.50. The van der Waals surface area contributed by atoms with E-state index in [1.807, 2.05) is 6.92 Å². The number of hydrogen-bond acceptors (Lipinski definition) is 5. The second kappa shape index (κ2) is 5.65. The lowest BCUT2D eigenvalue weighted by Crippen LogP contribution is -2.09. The number of aromatic nitrogens is 3. The van der Waals surface area contributed by atoms with Crippen LogP contribution >= 0.6 is 23.2 Å². The lowest BCUT2D eigenvalue weighted by Gasteiger charge is -2.02. The molecule has 0 fully saturated rings. The van der Waals surface area contributed by atoms with Crippen LogP contribution in [0.5, 0.6) is 0 Å². The Morgan fingerprint density at radius 1 is 1.44 bits per heavy atom. The molecule has 7 heteroatoms. The Bertz CT molecular complexity index is 544. The summed E-state index contributed by atoms with van der Waals surface area (Å²) >= 11 is 11.8. The van der Waals surface area contributed by atoms with Crippen molar-refractivity contribution in [2.45, 2.75) is 25.8 Å². The highest BCUT2D eigenvalue weighted by Crippen LogP contribution is 2.26. The summed E-state index contributed by atoms with van der Waals surface area (Å²) in [6.45, 7) is 2.04. The number of nitrogens with two attached hydrogens (primary N) is 1. The van der Waals surface area contributed by atoms with Crippen molar-refractivity contribution in [3.05, 3.63) is 28.2 Å². The molecule has 2 heterocycles. The zero-order valence-corrected chi connectivity index (χ0v) is 11.2. The molecule has 18 heavy (non-hydrogen) atoms. The van der Waals surface area contributed by atoms with Crippen LogP contribution in [-0.4, -0.2) is 15.1 Å². The zero-order valence-electron chi connectivity index (χ0n) is 9.73. The van der Waals surface area contributed by atoms with Gasteiger partial charge >= 0.3 is 0 Å². The van der Waals surface area contributed by atoms with Gasteiger partial charge in [-0.25, -0.2) is 4.98 Å². The Kier molecular flexibility index (Phi) is 4.16. The van der Waals surface area contributed by atoms with Crippen LogP contribution in [0.4, 0.5) is 0 Å². The van der Waals surface area contributed by atoms with Gasteiger partial charge in [-0.15, -0.1) is 0 Å². The van der Waals surface area contributed by atoms with Crippen LogP contribution in [0, 0.1) is 0 Å². The maximum Gasteiger partial charge on any atom is 0.243 e. The van der Waals surface area contributed by atoms with Crippen LogP contribution in [0.25, 0.3) is 11.5 Å². The van der Waals surface area contributed by atoms with Crippen molar-refractivity contribution in [3.63, 3.8) is 0 Å². The predicted molar refractivity (Wildman–Crippen MR) is 69.4 cm³/mol. The summed E-state index contributed by atoms with van der Waals surface area (Å²) in [6.07, 6.45) is 3.20. The maximum atomic E-state index is 6.01. The molecule has 0 aromatic carbocycles. The van der Waals surface area contributed by atoms with Gasteiger partial charge in [-0.1, -0.05) is 41.7 Å². The van der Waals surface area contributed by atoms with Gasteiger partial charge in [-0.05, 0) is 12.5 Å². The van der Waals surface area contributed by atoms with E-state index in [-0.39, 0.29) is 6.04 Å². The maximum absolute atomic E-state index is 6.01. The number of halogens is 2. The standard InChI is InChI=1S/C11H12Cl2N4O/c1-2-3-8(14)11-16-10(17-18-11)9-7(13)4-6(12)5-15-9/h4-5,8H,2-3,14H2,1H3/t8-/m0/s1. The smallest absolute Gasteiger partial charge is 0.243 e. The molecule has 0 radical (unpaired) electrons. The SMILES string of the molecule is CCC[C@H](N)c1nc(-c2ncc(Cl)cc2Cl)no1. The summed E-state index contributed by atoms with van der Waals surface area (Å²) in [5, 5.41) is 4.65. The molecular weight excluding hydrogens is 275 g/mol. The van der Waals surface area contributed by atoms with Gasteiger partial charge in [0.05, 0.1) is 16.1 Å². The van der Waals surface area contributed by atoms with Crippen LogP contribution in [-0.2, 0) is 0 Å². The summed E-state index contributed by atoms with van der Waals surface area (Å²) in [5.41, 5.74) is 6.32. The van der Waals surface area contributed by atoms with Gasteiger partial charge in [0.15, 0.2) is 0 Å². The van der Waals surface area contributed by atoms with Gasteiger partial charge in [-0.3, -0.25) is 0 Å². The third kappa shape index (κ3) is 2.80. The average Bonchev–Trinajstić information content (AvgIpc) is 2.78. The third-order valence-electron chi connectivity index (χ3n) is 2.38. The minimum absolute atomic E-state index is 0.262. The van der Waals surface area contributed by atoms with Crippen molar-refractivity contribution in [1.29, 1.82) is 0 Å². The molecule has 0 saturated heterocycles. The largest absolute Gasteiger partial charge is 0.337 e. The van der Waals surface area contributed by atoms with E-state index in [2.05, 4.69) is 15.1 Å². The van der Waals surface area contributed by atoms with Crippen molar-refractivity contribution >= 4 is 23.2 Å². The normalized spacial score (nSPS) is 12.7. The van der Waals surface area contributed by atoms with Crippen molar-refractivity contribution in [3.8, 4) is 11.5 Å². The van der Waals surface area contributed by atoms with E-state index >= 15 is 0 Å². The first-order valence-electron chi connectivity index (χ1n) is 5.52. The number of nitrogens with zero attached hydrogens (tertiary/aromatic N) is 3. The number of rotatable bonds is 4. The molecule has 0 aliphatic rings. The van der Waals surface area contributed by atoms with Crippen LogP contribution in [0.3, 0.4) is 0 Å². The lowest BCUT2D eigenvalue weighted by atomic mass is 10.2. The highest BCUT2D eigenvalue weighted by Gasteiger charge is 2.17. The summed E-state index contributed by atoms with van der Waals surface area (Å²) < 4.78 is 5.10. The molecule has 0 unspecified atom stereocenters. The van der Waals surface area contributed by atoms with Gasteiger partial charge in [-0.2, -0.15) is 4.98 Å². The molecular formula is C11H12Cl2N4O. The fourth-order valence-corrected chi connectivity index (χ4v) is 1.96. The van der Waals surface area contributed by atoms with Gasteiger partial charge in [0, 0.05) is 6.20 Å². The molecule has 0 saturated carbocycles. The Morgan fingerprint density at radius 3 is 2.89 bits per heavy atom. The van der Waals surface area contributed by atoms with E-state index in [0.717, 1.165) is 12.8 Å². The molecule has 1 atom stereocenters. The van der Waals surface area contributed by atoms with Gasteiger partial charge in [0.1, 0.15) is 5.69 Å². The van der Waals surface area contributed by atoms with Crippen LogP contribution < -0.4 is 5.73 Å². The van der Waals surface area contributed by atoms with E-state index < -0.39 is 0 Å². The molecule has 2 N–H and O–H groups in total. The summed E-state index contributed by atoms with van der Waals surface area (Å²) in [5.74, 6) is 0.706. The van der Waals surface area contributed by atoms with E-state index in [9.17, 15) is 0 Å². The molecule has 5 nitrogen and oxygen atoms in total. The third-order valence-corrected chi connectivity index (χ3v) is 2.87. The van der Waals surface area contributed by atoms with E-state index in [4.69, 9.17) is 33.5 Å². The minimum Gasteiger partial charge on any atom is -0.337 e. The topological polar surface area (TPSA) is 77.8 Å². The first-order chi connectivity index (χ1) is 8.61. The lowest BCUT2D eigenvalue weighted by molar-refractivity contribution is 0.348. The van der Waals surface area contributed by atoms with Gasteiger partial charge in [0.25, 0.3) is 0 Å². The van der Waals surface area contributed by atoms with Gasteiger partial charge in [0.2, 0.25) is 11.7 Å². The first-order valence-corrected chi connectivity index (χ1v) is 6.28. The predicted octanol–water partition coefficient (Wildman–Crippen LogP) is 3.24. The van der Waals surface area contributed by atoms with Crippen molar-refractivity contribution in [1.82, 2.24) is 15.1 Å². The molecule has 2 aromatic heterocycles. The van der Waals surface area contributed by atoms with Crippen LogP contribution in [0.1, 0.15) is 31.7 Å². The molecule has 0 bridgehead atoms. The summed E-state index contributed by atoms with van der Waals surface area (Å²) in [7, 11) is 0. The van der Waals surface area contributed by atoms with Crippen LogP contribution in [0.2, 0.25) is 10.0 Å². The Labute approximate surface area is 114 Å². The fraction of sp³-hybridized carbons (Fsp3) is 0.364. The Hall–Kier alpha value is -1.17. The van der Waals surface area contributed by atoms with Gasteiger partial charge < -0.3 is 10.3 Å². The second-order valence-corrected chi connectivity index (χ2v) is 4.68. The highest BCUT2D eigenvalue weighted by molar-refractivity contribution is 6.35. The average molecular weight is 287 g/mol. The quantitative estimate of drug-likeness (QED) is 0.933. The highest BCUT2D eigenvalue weighted by atomic mass is 35.5. The summed E-state index contributed by atoms with van der Waals surface area (Å²) in [4.78, 5) is 8.27. The van der Waals surface area contributed by atoms with E-state index in [0.29, 0.717) is 27.5 Å². The Balaban J connectivity index is 2.29. The molecule has 0 aliphatic heterocycles. The Morgan fingerprint density at radius 2 is 2.22 bits per heavy atom. The van der Waals surface area contributed by atoms with Crippen molar-refractivity contribution < 1.29 is 4.52 Å². The second-order valence-electron chi connectivity index (χ2n) is 3.84. The molecule has 96 valence electrons. The zero-order chi connectivity index (χ0) is 13.1. The van der Waals surface area contributed by atoms with E-state index in [1.165, 1.54) is 6.20 Å². The van der Waals surface area contributed by atoms with Crippen molar-refractivity contribution in [2.24, 2.45) is 5.73 Å². The van der Waals surface area contributed by atoms with Crippen LogP contribution in [0.15, 0.2) is 16.8 Å². The summed E-state index contributed by atoms with van der Waals surface area (Å²) in [6, 6.07) is 1.32. The van der Waals surface area contributed by atoms with E-state index in [1.54, 1.807) is 6.07 Å². The minimum atomic E-state index is -0.262. The molecule has 2 rings (SSSR count). The molecule has 0 amide bonds. The molecule has 0 aliphatic carbocycles. The number of pyridine rings is 1. The first kappa shape index (κ1) is 13.3. The number of hydrogen-bond donors (Lipinski definition) is 1. The molecule has 2 aromatic rings. The monoisotopic (exact) mass is 286 g/mol. The van der Waals surface area contributed by atoms with Crippen molar-refractivity contribution in [2.75, 3.05) is 0 Å². The molecule has 0 spiro atoms.